The van der Waals surface area contributed by atoms with E-state index in [2.05, 4.69) is 9.36 Å². The SMILES string of the molecule is Cc1nc(SC(=O)N(C(C)C)C(C)C)ns1. The van der Waals surface area contributed by atoms with E-state index in [0.717, 1.165) is 16.8 Å². The zero-order valence-electron chi connectivity index (χ0n) is 10.2. The Hall–Kier alpha value is -0.620. The molecule has 0 fully saturated rings. The predicted molar refractivity (Wildman–Crippen MR) is 68.0 cm³/mol. The van der Waals surface area contributed by atoms with E-state index in [1.807, 2.05) is 39.5 Å². The lowest BCUT2D eigenvalue weighted by Crippen LogP contribution is -2.39. The summed E-state index contributed by atoms with van der Waals surface area (Å²) in [6.07, 6.45) is 0. The van der Waals surface area contributed by atoms with Crippen molar-refractivity contribution < 1.29 is 4.79 Å². The standard InChI is InChI=1S/C10H17N3OS2/c1-6(2)13(7(3)4)10(14)15-9-11-8(5)16-12-9/h6-7H,1-5H3. The quantitative estimate of drug-likeness (QED) is 0.782. The third kappa shape index (κ3) is 3.45. The molecule has 16 heavy (non-hydrogen) atoms. The number of amides is 1. The number of nitrogens with zero attached hydrogens (tertiary/aromatic N) is 3. The highest BCUT2D eigenvalue weighted by atomic mass is 32.2. The first-order chi connectivity index (χ1) is 7.41. The zero-order chi connectivity index (χ0) is 12.3. The first kappa shape index (κ1) is 13.4. The highest BCUT2D eigenvalue weighted by molar-refractivity contribution is 8.13. The van der Waals surface area contributed by atoms with Crippen LogP contribution in [0.4, 0.5) is 4.79 Å². The van der Waals surface area contributed by atoms with Crippen LogP contribution in [0.15, 0.2) is 5.16 Å². The molecule has 1 rings (SSSR count). The molecule has 0 spiro atoms. The fourth-order valence-electron chi connectivity index (χ4n) is 1.47. The Morgan fingerprint density at radius 3 is 2.25 bits per heavy atom. The lowest BCUT2D eigenvalue weighted by molar-refractivity contribution is 0.190. The van der Waals surface area contributed by atoms with Crippen molar-refractivity contribution in [3.05, 3.63) is 5.01 Å². The summed E-state index contributed by atoms with van der Waals surface area (Å²) in [5.41, 5.74) is 0. The molecule has 0 N–H and O–H groups in total. The number of aryl methyl sites for hydroxylation is 1. The minimum atomic E-state index is 0.0165. The van der Waals surface area contributed by atoms with Crippen LogP contribution in [0.2, 0.25) is 0 Å². The maximum Gasteiger partial charge on any atom is 0.289 e. The molecule has 4 nitrogen and oxygen atoms in total. The molecule has 0 bridgehead atoms. The summed E-state index contributed by atoms with van der Waals surface area (Å²) in [4.78, 5) is 18.0. The second-order valence-electron chi connectivity index (χ2n) is 4.06. The Morgan fingerprint density at radius 1 is 1.31 bits per heavy atom. The Morgan fingerprint density at radius 2 is 1.88 bits per heavy atom. The van der Waals surface area contributed by atoms with Crippen LogP contribution < -0.4 is 0 Å². The fourth-order valence-corrected chi connectivity index (χ4v) is 3.03. The third-order valence-corrected chi connectivity index (χ3v) is 3.50. The third-order valence-electron chi connectivity index (χ3n) is 2.01. The molecular formula is C10H17N3OS2. The van der Waals surface area contributed by atoms with Gasteiger partial charge in [-0.05, 0) is 46.2 Å². The lowest BCUT2D eigenvalue weighted by atomic mass is 10.2. The van der Waals surface area contributed by atoms with Gasteiger partial charge in [-0.2, -0.15) is 4.37 Å². The predicted octanol–water partition coefficient (Wildman–Crippen LogP) is 3.18. The summed E-state index contributed by atoms with van der Waals surface area (Å²) in [5.74, 6) is 0. The van der Waals surface area contributed by atoms with Gasteiger partial charge in [-0.25, -0.2) is 4.98 Å². The van der Waals surface area contributed by atoms with E-state index in [4.69, 9.17) is 0 Å². The van der Waals surface area contributed by atoms with Crippen LogP contribution in [-0.4, -0.2) is 31.6 Å². The smallest absolute Gasteiger partial charge is 0.289 e. The normalized spacial score (nSPS) is 11.2. The number of carbonyl (C=O) groups is 1. The minimum absolute atomic E-state index is 0.0165. The fraction of sp³-hybridized carbons (Fsp3) is 0.700. The number of thioether (sulfide) groups is 1. The van der Waals surface area contributed by atoms with Gasteiger partial charge in [-0.15, -0.1) is 0 Å². The summed E-state index contributed by atoms with van der Waals surface area (Å²) in [5, 5.41) is 1.46. The highest BCUT2D eigenvalue weighted by Gasteiger charge is 2.22. The number of carbonyl (C=O) groups excluding carboxylic acids is 1. The minimum Gasteiger partial charge on any atom is -0.328 e. The van der Waals surface area contributed by atoms with Gasteiger partial charge in [0.25, 0.3) is 5.24 Å². The molecule has 0 radical (unpaired) electrons. The van der Waals surface area contributed by atoms with Crippen LogP contribution >= 0.6 is 23.3 Å². The number of hydrogen-bond donors (Lipinski definition) is 0. The van der Waals surface area contributed by atoms with Gasteiger partial charge in [0.1, 0.15) is 5.01 Å². The molecular weight excluding hydrogens is 242 g/mol. The molecule has 0 aromatic carbocycles. The summed E-state index contributed by atoms with van der Waals surface area (Å²) >= 11 is 2.43. The van der Waals surface area contributed by atoms with Crippen molar-refractivity contribution >= 4 is 28.5 Å². The first-order valence-corrected chi connectivity index (χ1v) is 6.81. The van der Waals surface area contributed by atoms with Crippen molar-refractivity contribution in [2.45, 2.75) is 51.9 Å². The maximum atomic E-state index is 12.0. The van der Waals surface area contributed by atoms with Crippen molar-refractivity contribution in [1.82, 2.24) is 14.3 Å². The number of rotatable bonds is 3. The van der Waals surface area contributed by atoms with Crippen molar-refractivity contribution in [3.63, 3.8) is 0 Å². The molecule has 90 valence electrons. The molecule has 1 heterocycles. The average molecular weight is 259 g/mol. The zero-order valence-corrected chi connectivity index (χ0v) is 11.9. The molecule has 1 amide bonds. The van der Waals surface area contributed by atoms with Crippen LogP contribution in [0.1, 0.15) is 32.7 Å². The summed E-state index contributed by atoms with van der Waals surface area (Å²) in [6, 6.07) is 0.388. The topological polar surface area (TPSA) is 46.1 Å². The molecule has 0 aliphatic heterocycles. The van der Waals surface area contributed by atoms with Crippen LogP contribution in [0, 0.1) is 6.92 Å². The van der Waals surface area contributed by atoms with Crippen molar-refractivity contribution in [2.75, 3.05) is 0 Å². The monoisotopic (exact) mass is 259 g/mol. The molecule has 0 aliphatic carbocycles. The van der Waals surface area contributed by atoms with Gasteiger partial charge < -0.3 is 4.90 Å². The van der Waals surface area contributed by atoms with Crippen molar-refractivity contribution in [3.8, 4) is 0 Å². The van der Waals surface area contributed by atoms with E-state index in [0.29, 0.717) is 5.16 Å². The van der Waals surface area contributed by atoms with Gasteiger partial charge in [0.05, 0.1) is 0 Å². The molecule has 1 aromatic rings. The lowest BCUT2D eigenvalue weighted by Gasteiger charge is -2.29. The van der Waals surface area contributed by atoms with E-state index in [9.17, 15) is 4.79 Å². The van der Waals surface area contributed by atoms with Gasteiger partial charge in [-0.1, -0.05) is 0 Å². The summed E-state index contributed by atoms with van der Waals surface area (Å²) < 4.78 is 4.10. The van der Waals surface area contributed by atoms with Gasteiger partial charge >= 0.3 is 0 Å². The largest absolute Gasteiger partial charge is 0.328 e. The second-order valence-corrected chi connectivity index (χ2v) is 5.93. The molecule has 6 heteroatoms. The van der Waals surface area contributed by atoms with Crippen LogP contribution in [-0.2, 0) is 0 Å². The Bertz CT molecular complexity index is 355. The molecule has 1 aromatic heterocycles. The first-order valence-electron chi connectivity index (χ1n) is 5.22. The van der Waals surface area contributed by atoms with Crippen molar-refractivity contribution in [1.29, 1.82) is 0 Å². The van der Waals surface area contributed by atoms with E-state index < -0.39 is 0 Å². The van der Waals surface area contributed by atoms with E-state index in [1.54, 1.807) is 0 Å². The van der Waals surface area contributed by atoms with Gasteiger partial charge in [-0.3, -0.25) is 4.79 Å². The second kappa shape index (κ2) is 5.63. The molecule has 0 unspecified atom stereocenters. The molecule has 0 saturated heterocycles. The number of hydrogen-bond acceptors (Lipinski definition) is 5. The van der Waals surface area contributed by atoms with Gasteiger partial charge in [0.15, 0.2) is 0 Å². The Kier molecular flexibility index (Phi) is 4.73. The summed E-state index contributed by atoms with van der Waals surface area (Å²) in [7, 11) is 0. The molecule has 0 saturated carbocycles. The van der Waals surface area contributed by atoms with Crippen LogP contribution in [0.25, 0.3) is 0 Å². The average Bonchev–Trinajstić information content (AvgIpc) is 2.49. The Balaban J connectivity index is 2.69. The van der Waals surface area contributed by atoms with E-state index in [-0.39, 0.29) is 17.3 Å². The van der Waals surface area contributed by atoms with E-state index >= 15 is 0 Å². The number of aromatic nitrogens is 2. The van der Waals surface area contributed by atoms with Crippen molar-refractivity contribution in [2.24, 2.45) is 0 Å². The van der Waals surface area contributed by atoms with Crippen LogP contribution in [0.3, 0.4) is 0 Å². The van der Waals surface area contributed by atoms with Crippen LogP contribution in [0.5, 0.6) is 0 Å². The molecule has 0 atom stereocenters. The maximum absolute atomic E-state index is 12.0. The van der Waals surface area contributed by atoms with Gasteiger partial charge in [0, 0.05) is 23.8 Å². The summed E-state index contributed by atoms with van der Waals surface area (Å²) in [6.45, 7) is 9.93. The highest BCUT2D eigenvalue weighted by Crippen LogP contribution is 2.22. The Labute approximate surface area is 105 Å². The molecule has 0 aliphatic rings. The van der Waals surface area contributed by atoms with E-state index in [1.165, 1.54) is 11.5 Å². The van der Waals surface area contributed by atoms with Gasteiger partial charge in [0.2, 0.25) is 5.16 Å².